The summed E-state index contributed by atoms with van der Waals surface area (Å²) in [5.41, 5.74) is 5.26. The number of aromatic nitrogens is 1. The number of fused-ring (bicyclic) bond motifs is 1. The lowest BCUT2D eigenvalue weighted by Crippen LogP contribution is -2.18. The molecule has 1 aromatic heterocycles. The Labute approximate surface area is 132 Å². The Hall–Kier alpha value is -3.08. The predicted octanol–water partition coefficient (Wildman–Crippen LogP) is 2.67. The highest BCUT2D eigenvalue weighted by Crippen LogP contribution is 2.30. The summed E-state index contributed by atoms with van der Waals surface area (Å²) in [7, 11) is 0. The molecule has 0 unspecified atom stereocenters. The minimum absolute atomic E-state index is 0.0106. The van der Waals surface area contributed by atoms with Crippen molar-refractivity contribution in [2.75, 3.05) is 0 Å². The average Bonchev–Trinajstić information content (AvgIpc) is 3.05. The number of hydrogen-bond donors (Lipinski definition) is 3. The summed E-state index contributed by atoms with van der Waals surface area (Å²) in [5.74, 6) is -0.0152. The number of pyridine rings is 1. The molecule has 2 heterocycles. The zero-order valence-corrected chi connectivity index (χ0v) is 12.3. The van der Waals surface area contributed by atoms with Crippen molar-refractivity contribution in [1.82, 2.24) is 10.4 Å². The quantitative estimate of drug-likeness (QED) is 0.681. The van der Waals surface area contributed by atoms with Gasteiger partial charge in [0.15, 0.2) is 0 Å². The number of H-pyrrole nitrogens is 1. The number of nitrogens with one attached hydrogen (secondary N) is 2. The SMILES string of the molecule is O=c1[nH]c2ccccc2c(O)c1C1=NN[C@@H](c2ccccc2)C1. The Bertz CT molecular complexity index is 961. The van der Waals surface area contributed by atoms with E-state index in [2.05, 4.69) is 15.5 Å². The number of aromatic hydroxyl groups is 1. The van der Waals surface area contributed by atoms with E-state index in [4.69, 9.17) is 0 Å². The molecule has 3 N–H and O–H groups in total. The van der Waals surface area contributed by atoms with E-state index in [9.17, 15) is 9.90 Å². The van der Waals surface area contributed by atoms with Crippen molar-refractivity contribution in [3.8, 4) is 5.75 Å². The summed E-state index contributed by atoms with van der Waals surface area (Å²) < 4.78 is 0. The molecule has 0 fully saturated rings. The maximum atomic E-state index is 12.4. The number of aromatic amines is 1. The van der Waals surface area contributed by atoms with E-state index in [0.29, 0.717) is 23.0 Å². The molecule has 1 atom stereocenters. The first-order valence-corrected chi connectivity index (χ1v) is 7.45. The van der Waals surface area contributed by atoms with Gasteiger partial charge in [0.05, 0.1) is 17.3 Å². The van der Waals surface area contributed by atoms with Crippen LogP contribution in [-0.2, 0) is 0 Å². The second-order valence-corrected chi connectivity index (χ2v) is 5.58. The van der Waals surface area contributed by atoms with Crippen LogP contribution in [0.1, 0.15) is 23.6 Å². The molecule has 0 amide bonds. The Morgan fingerprint density at radius 2 is 1.78 bits per heavy atom. The number of benzene rings is 2. The maximum absolute atomic E-state index is 12.4. The van der Waals surface area contributed by atoms with Crippen LogP contribution in [0.4, 0.5) is 0 Å². The molecule has 0 bridgehead atoms. The van der Waals surface area contributed by atoms with E-state index in [1.165, 1.54) is 0 Å². The summed E-state index contributed by atoms with van der Waals surface area (Å²) in [6.45, 7) is 0. The van der Waals surface area contributed by atoms with Gasteiger partial charge in [-0.3, -0.25) is 4.79 Å². The van der Waals surface area contributed by atoms with Crippen molar-refractivity contribution >= 4 is 16.6 Å². The summed E-state index contributed by atoms with van der Waals surface area (Å²) in [6, 6.07) is 17.1. The normalized spacial score (nSPS) is 17.0. The first kappa shape index (κ1) is 13.6. The van der Waals surface area contributed by atoms with Gasteiger partial charge in [0.25, 0.3) is 5.56 Å². The van der Waals surface area contributed by atoms with Gasteiger partial charge in [-0.15, -0.1) is 0 Å². The van der Waals surface area contributed by atoms with Crippen LogP contribution in [0, 0.1) is 0 Å². The molecule has 1 aliphatic heterocycles. The van der Waals surface area contributed by atoms with Crippen LogP contribution >= 0.6 is 0 Å². The molecule has 5 heteroatoms. The molecule has 2 aromatic carbocycles. The van der Waals surface area contributed by atoms with Gasteiger partial charge < -0.3 is 15.5 Å². The molecule has 0 saturated heterocycles. The standard InChI is InChI=1S/C18H15N3O2/c22-17-12-8-4-5-9-13(12)19-18(23)16(17)15-10-14(20-21-15)11-6-2-1-3-7-11/h1-9,14,20H,10H2,(H2,19,22,23)/t14-/m1/s1. The average molecular weight is 305 g/mol. The third-order valence-electron chi connectivity index (χ3n) is 4.14. The Kier molecular flexibility index (Phi) is 3.12. The molecule has 114 valence electrons. The van der Waals surface area contributed by atoms with Crippen molar-refractivity contribution in [3.05, 3.63) is 76.1 Å². The lowest BCUT2D eigenvalue weighted by atomic mass is 9.98. The predicted molar refractivity (Wildman–Crippen MR) is 89.7 cm³/mol. The summed E-state index contributed by atoms with van der Waals surface area (Å²) >= 11 is 0. The first-order valence-electron chi connectivity index (χ1n) is 7.45. The van der Waals surface area contributed by atoms with Crippen molar-refractivity contribution in [3.63, 3.8) is 0 Å². The van der Waals surface area contributed by atoms with Crippen LogP contribution in [0.5, 0.6) is 5.75 Å². The highest BCUT2D eigenvalue weighted by molar-refractivity contribution is 6.07. The van der Waals surface area contributed by atoms with E-state index in [1.807, 2.05) is 42.5 Å². The zero-order valence-electron chi connectivity index (χ0n) is 12.3. The van der Waals surface area contributed by atoms with Gasteiger partial charge in [-0.05, 0) is 17.7 Å². The van der Waals surface area contributed by atoms with Crippen molar-refractivity contribution in [1.29, 1.82) is 0 Å². The minimum atomic E-state index is -0.324. The van der Waals surface area contributed by atoms with E-state index >= 15 is 0 Å². The van der Waals surface area contributed by atoms with Crippen molar-refractivity contribution in [2.24, 2.45) is 5.10 Å². The fraction of sp³-hybridized carbons (Fsp3) is 0.111. The molecular weight excluding hydrogens is 290 g/mol. The summed E-state index contributed by atoms with van der Waals surface area (Å²) in [6.07, 6.45) is 0.555. The molecule has 23 heavy (non-hydrogen) atoms. The second-order valence-electron chi connectivity index (χ2n) is 5.58. The number of para-hydroxylation sites is 1. The molecule has 4 rings (SSSR count). The molecule has 0 saturated carbocycles. The van der Waals surface area contributed by atoms with E-state index in [0.717, 1.165) is 5.56 Å². The van der Waals surface area contributed by atoms with Gasteiger partial charge in [-0.25, -0.2) is 0 Å². The molecule has 0 radical (unpaired) electrons. The van der Waals surface area contributed by atoms with Gasteiger partial charge in [0.1, 0.15) is 11.3 Å². The van der Waals surface area contributed by atoms with Crippen LogP contribution in [-0.4, -0.2) is 15.8 Å². The van der Waals surface area contributed by atoms with Gasteiger partial charge in [0.2, 0.25) is 0 Å². The van der Waals surface area contributed by atoms with E-state index < -0.39 is 0 Å². The molecule has 1 aliphatic rings. The van der Waals surface area contributed by atoms with Crippen molar-refractivity contribution in [2.45, 2.75) is 12.5 Å². The Morgan fingerprint density at radius 3 is 2.61 bits per heavy atom. The van der Waals surface area contributed by atoms with Crippen LogP contribution in [0.25, 0.3) is 10.9 Å². The minimum Gasteiger partial charge on any atom is -0.506 e. The third kappa shape index (κ3) is 2.26. The fourth-order valence-corrected chi connectivity index (χ4v) is 2.97. The summed E-state index contributed by atoms with van der Waals surface area (Å²) in [4.78, 5) is 15.2. The third-order valence-corrected chi connectivity index (χ3v) is 4.14. The Balaban J connectivity index is 1.75. The van der Waals surface area contributed by atoms with E-state index in [1.54, 1.807) is 12.1 Å². The lowest BCUT2D eigenvalue weighted by molar-refractivity contribution is 0.479. The van der Waals surface area contributed by atoms with Crippen molar-refractivity contribution < 1.29 is 5.11 Å². The lowest BCUT2D eigenvalue weighted by Gasteiger charge is -2.10. The highest BCUT2D eigenvalue weighted by atomic mass is 16.3. The molecule has 3 aromatic rings. The van der Waals surface area contributed by atoms with Crippen LogP contribution in [0.3, 0.4) is 0 Å². The van der Waals surface area contributed by atoms with E-state index in [-0.39, 0.29) is 22.9 Å². The number of nitrogens with zero attached hydrogens (tertiary/aromatic N) is 1. The smallest absolute Gasteiger partial charge is 0.261 e. The molecule has 5 nitrogen and oxygen atoms in total. The highest BCUT2D eigenvalue weighted by Gasteiger charge is 2.26. The molecule has 0 spiro atoms. The van der Waals surface area contributed by atoms with Crippen LogP contribution in [0.15, 0.2) is 64.5 Å². The Morgan fingerprint density at radius 1 is 1.04 bits per heavy atom. The van der Waals surface area contributed by atoms with Gasteiger partial charge in [-0.1, -0.05) is 42.5 Å². The largest absolute Gasteiger partial charge is 0.506 e. The van der Waals surface area contributed by atoms with Gasteiger partial charge >= 0.3 is 0 Å². The number of rotatable bonds is 2. The fourth-order valence-electron chi connectivity index (χ4n) is 2.97. The topological polar surface area (TPSA) is 77.5 Å². The first-order chi connectivity index (χ1) is 11.2. The number of hydrogen-bond acceptors (Lipinski definition) is 4. The van der Waals surface area contributed by atoms with Gasteiger partial charge in [0, 0.05) is 11.8 Å². The second kappa shape index (κ2) is 5.28. The zero-order chi connectivity index (χ0) is 15.8. The maximum Gasteiger partial charge on any atom is 0.261 e. The summed E-state index contributed by atoms with van der Waals surface area (Å²) in [5, 5.41) is 15.4. The van der Waals surface area contributed by atoms with Gasteiger partial charge in [-0.2, -0.15) is 5.10 Å². The number of hydrazone groups is 1. The molecular formula is C18H15N3O2. The van der Waals surface area contributed by atoms with Crippen LogP contribution in [0.2, 0.25) is 0 Å². The molecule has 0 aliphatic carbocycles. The monoisotopic (exact) mass is 305 g/mol. The van der Waals surface area contributed by atoms with Crippen LogP contribution < -0.4 is 11.0 Å².